The predicted molar refractivity (Wildman–Crippen MR) is 56.6 cm³/mol. The average molecular weight is 203 g/mol. The molecule has 0 unspecified atom stereocenters. The number of aliphatic carboxylic acids is 1. The van der Waals surface area contributed by atoms with Gasteiger partial charge in [0.15, 0.2) is 0 Å². The summed E-state index contributed by atoms with van der Waals surface area (Å²) in [6.07, 6.45) is 0.765. The molecule has 0 aliphatic heterocycles. The fraction of sp³-hybridized carbons (Fsp3) is 0.333. The van der Waals surface area contributed by atoms with Crippen molar-refractivity contribution in [3.8, 4) is 6.07 Å². The molecule has 1 rings (SSSR count). The smallest absolute Gasteiger partial charge is 0.307 e. The number of nitrogens with zero attached hydrogens (tertiary/aromatic N) is 1. The van der Waals surface area contributed by atoms with Gasteiger partial charge in [0.1, 0.15) is 0 Å². The lowest BCUT2D eigenvalue weighted by Crippen LogP contribution is -2.04. The van der Waals surface area contributed by atoms with Gasteiger partial charge in [0, 0.05) is 0 Å². The topological polar surface area (TPSA) is 61.1 Å². The van der Waals surface area contributed by atoms with E-state index in [1.807, 2.05) is 19.9 Å². The van der Waals surface area contributed by atoms with Crippen LogP contribution >= 0.6 is 0 Å². The molecule has 0 atom stereocenters. The molecule has 0 radical (unpaired) electrons. The van der Waals surface area contributed by atoms with Gasteiger partial charge in [-0.25, -0.2) is 0 Å². The summed E-state index contributed by atoms with van der Waals surface area (Å²) in [7, 11) is 0. The first kappa shape index (κ1) is 11.3. The highest BCUT2D eigenvalue weighted by Crippen LogP contribution is 2.17. The van der Waals surface area contributed by atoms with E-state index in [0.29, 0.717) is 11.1 Å². The zero-order valence-corrected chi connectivity index (χ0v) is 8.87. The number of carbonyl (C=O) groups is 1. The van der Waals surface area contributed by atoms with Crippen molar-refractivity contribution >= 4 is 5.97 Å². The van der Waals surface area contributed by atoms with E-state index in [4.69, 9.17) is 10.4 Å². The van der Waals surface area contributed by atoms with Gasteiger partial charge in [0.05, 0.1) is 18.1 Å². The van der Waals surface area contributed by atoms with Crippen molar-refractivity contribution in [1.29, 1.82) is 5.26 Å². The summed E-state index contributed by atoms with van der Waals surface area (Å²) in [5, 5.41) is 17.6. The number of rotatable bonds is 3. The number of carboxylic acid groups (broad SMARTS) is 1. The lowest BCUT2D eigenvalue weighted by Gasteiger charge is -2.07. The van der Waals surface area contributed by atoms with Crippen molar-refractivity contribution in [3.05, 3.63) is 34.4 Å². The Kier molecular flexibility index (Phi) is 3.46. The van der Waals surface area contributed by atoms with Crippen LogP contribution in [-0.4, -0.2) is 11.1 Å². The summed E-state index contributed by atoms with van der Waals surface area (Å²) in [4.78, 5) is 10.6. The maximum Gasteiger partial charge on any atom is 0.307 e. The van der Waals surface area contributed by atoms with E-state index in [2.05, 4.69) is 0 Å². The molecule has 1 aromatic rings. The zero-order chi connectivity index (χ0) is 11.4. The second kappa shape index (κ2) is 4.61. The molecule has 3 heteroatoms. The van der Waals surface area contributed by atoms with Crippen LogP contribution in [0.3, 0.4) is 0 Å². The first-order valence-electron chi connectivity index (χ1n) is 4.82. The molecule has 0 bridgehead atoms. The highest BCUT2D eigenvalue weighted by molar-refractivity contribution is 5.71. The number of hydrogen-bond donors (Lipinski definition) is 1. The molecule has 0 aliphatic carbocycles. The molecule has 0 amide bonds. The quantitative estimate of drug-likeness (QED) is 0.817. The fourth-order valence-electron chi connectivity index (χ4n) is 1.61. The van der Waals surface area contributed by atoms with E-state index in [-0.39, 0.29) is 6.42 Å². The molecule has 0 aromatic heterocycles. The first-order valence-corrected chi connectivity index (χ1v) is 4.82. The Hall–Kier alpha value is -1.82. The van der Waals surface area contributed by atoms with Gasteiger partial charge in [0.2, 0.25) is 0 Å². The third kappa shape index (κ3) is 2.57. The number of aryl methyl sites for hydroxylation is 2. The van der Waals surface area contributed by atoms with Gasteiger partial charge in [-0.15, -0.1) is 0 Å². The first-order chi connectivity index (χ1) is 7.08. The Morgan fingerprint density at radius 1 is 1.47 bits per heavy atom. The normalized spacial score (nSPS) is 9.67. The molecule has 1 N–H and O–H groups in total. The van der Waals surface area contributed by atoms with Gasteiger partial charge >= 0.3 is 5.97 Å². The molecule has 15 heavy (non-hydrogen) atoms. The van der Waals surface area contributed by atoms with E-state index in [9.17, 15) is 4.79 Å². The molecule has 0 heterocycles. The molecule has 0 saturated carbocycles. The third-order valence-corrected chi connectivity index (χ3v) is 2.40. The standard InChI is InChI=1S/C12H13NO2/c1-3-9-5-11(7-13)10(4-8(9)2)6-12(14)15/h4-5H,3,6H2,1-2H3,(H,14,15). The fourth-order valence-corrected chi connectivity index (χ4v) is 1.61. The number of carboxylic acids is 1. The summed E-state index contributed by atoms with van der Waals surface area (Å²) >= 11 is 0. The van der Waals surface area contributed by atoms with Crippen LogP contribution < -0.4 is 0 Å². The van der Waals surface area contributed by atoms with E-state index in [1.54, 1.807) is 12.1 Å². The molecular weight excluding hydrogens is 190 g/mol. The molecule has 1 aromatic carbocycles. The van der Waals surface area contributed by atoms with Crippen molar-refractivity contribution in [1.82, 2.24) is 0 Å². The highest BCUT2D eigenvalue weighted by atomic mass is 16.4. The summed E-state index contributed by atoms with van der Waals surface area (Å²) in [5.41, 5.74) is 3.22. The van der Waals surface area contributed by atoms with Gasteiger partial charge in [-0.05, 0) is 36.1 Å². The Balaban J connectivity index is 3.22. The number of nitriles is 1. The van der Waals surface area contributed by atoms with Crippen LogP contribution in [-0.2, 0) is 17.6 Å². The van der Waals surface area contributed by atoms with Crippen LogP contribution in [0.25, 0.3) is 0 Å². The highest BCUT2D eigenvalue weighted by Gasteiger charge is 2.09. The Morgan fingerprint density at radius 3 is 2.60 bits per heavy atom. The molecule has 0 spiro atoms. The van der Waals surface area contributed by atoms with E-state index in [0.717, 1.165) is 17.5 Å². The van der Waals surface area contributed by atoms with Crippen LogP contribution in [0.5, 0.6) is 0 Å². The van der Waals surface area contributed by atoms with Crippen molar-refractivity contribution < 1.29 is 9.90 Å². The SMILES string of the molecule is CCc1cc(C#N)c(CC(=O)O)cc1C. The lowest BCUT2D eigenvalue weighted by atomic mass is 9.96. The van der Waals surface area contributed by atoms with E-state index in [1.165, 1.54) is 0 Å². The van der Waals surface area contributed by atoms with Gasteiger partial charge < -0.3 is 5.11 Å². The minimum Gasteiger partial charge on any atom is -0.481 e. The van der Waals surface area contributed by atoms with Crippen LogP contribution in [0.2, 0.25) is 0 Å². The monoisotopic (exact) mass is 203 g/mol. The van der Waals surface area contributed by atoms with Crippen LogP contribution in [0.4, 0.5) is 0 Å². The largest absolute Gasteiger partial charge is 0.481 e. The molecule has 0 fully saturated rings. The Labute approximate surface area is 89.0 Å². The van der Waals surface area contributed by atoms with Crippen LogP contribution in [0, 0.1) is 18.3 Å². The third-order valence-electron chi connectivity index (χ3n) is 2.40. The second-order valence-corrected chi connectivity index (χ2v) is 3.47. The molecule has 3 nitrogen and oxygen atoms in total. The lowest BCUT2D eigenvalue weighted by molar-refractivity contribution is -0.136. The summed E-state index contributed by atoms with van der Waals surface area (Å²) in [6, 6.07) is 5.62. The van der Waals surface area contributed by atoms with E-state index < -0.39 is 5.97 Å². The van der Waals surface area contributed by atoms with Gasteiger partial charge in [-0.3, -0.25) is 4.79 Å². The van der Waals surface area contributed by atoms with Gasteiger partial charge in [-0.1, -0.05) is 13.0 Å². The van der Waals surface area contributed by atoms with Gasteiger partial charge in [-0.2, -0.15) is 5.26 Å². The number of benzene rings is 1. The summed E-state index contributed by atoms with van der Waals surface area (Å²) < 4.78 is 0. The maximum atomic E-state index is 10.6. The summed E-state index contributed by atoms with van der Waals surface area (Å²) in [6.45, 7) is 3.95. The van der Waals surface area contributed by atoms with Crippen LogP contribution in [0.1, 0.15) is 29.2 Å². The van der Waals surface area contributed by atoms with Crippen molar-refractivity contribution in [2.75, 3.05) is 0 Å². The average Bonchev–Trinajstić information content (AvgIpc) is 2.17. The zero-order valence-electron chi connectivity index (χ0n) is 8.87. The van der Waals surface area contributed by atoms with Crippen molar-refractivity contribution in [2.24, 2.45) is 0 Å². The predicted octanol–water partition coefficient (Wildman–Crippen LogP) is 2.06. The Bertz CT molecular complexity index is 430. The van der Waals surface area contributed by atoms with Crippen LogP contribution in [0.15, 0.2) is 12.1 Å². The molecule has 0 aliphatic rings. The van der Waals surface area contributed by atoms with Crippen molar-refractivity contribution in [2.45, 2.75) is 26.7 Å². The summed E-state index contributed by atoms with van der Waals surface area (Å²) in [5.74, 6) is -0.907. The minimum atomic E-state index is -0.907. The van der Waals surface area contributed by atoms with Crippen molar-refractivity contribution in [3.63, 3.8) is 0 Å². The number of hydrogen-bond acceptors (Lipinski definition) is 2. The molecule has 78 valence electrons. The van der Waals surface area contributed by atoms with Gasteiger partial charge in [0.25, 0.3) is 0 Å². The molecule has 0 saturated heterocycles. The van der Waals surface area contributed by atoms with E-state index >= 15 is 0 Å². The Morgan fingerprint density at radius 2 is 2.13 bits per heavy atom. The minimum absolute atomic E-state index is 0.0896. The second-order valence-electron chi connectivity index (χ2n) is 3.47. The molecular formula is C12H13NO2. The maximum absolute atomic E-state index is 10.6.